The molecular formula is C17H29IN6S. The minimum atomic E-state index is 0. The van der Waals surface area contributed by atoms with Crippen LogP contribution in [0.3, 0.4) is 0 Å². The van der Waals surface area contributed by atoms with Gasteiger partial charge in [0.15, 0.2) is 5.96 Å². The molecule has 0 aliphatic rings. The number of aromatic nitrogens is 3. The lowest BCUT2D eigenvalue weighted by molar-refractivity contribution is 0.555. The summed E-state index contributed by atoms with van der Waals surface area (Å²) in [6.45, 7) is 11.6. The summed E-state index contributed by atoms with van der Waals surface area (Å²) in [4.78, 5) is 9.17. The number of halogens is 1. The normalized spacial score (nSPS) is 11.3. The average molecular weight is 476 g/mol. The van der Waals surface area contributed by atoms with Crippen LogP contribution in [0.25, 0.3) is 0 Å². The van der Waals surface area contributed by atoms with Crippen molar-refractivity contribution in [1.82, 2.24) is 25.4 Å². The number of thiazole rings is 1. The zero-order valence-electron chi connectivity index (χ0n) is 15.5. The third kappa shape index (κ3) is 7.31. The van der Waals surface area contributed by atoms with Crippen molar-refractivity contribution >= 4 is 41.3 Å². The van der Waals surface area contributed by atoms with Gasteiger partial charge in [-0.05, 0) is 39.7 Å². The molecule has 6 nitrogen and oxygen atoms in total. The summed E-state index contributed by atoms with van der Waals surface area (Å²) in [6.07, 6.45) is 1.99. The molecule has 0 amide bonds. The molecule has 2 aromatic heterocycles. The van der Waals surface area contributed by atoms with Crippen LogP contribution in [0.1, 0.15) is 42.4 Å². The minimum absolute atomic E-state index is 0. The number of aryl methyl sites for hydroxylation is 4. The SMILES string of the molecule is CCNC(=NCc1csc(CC)n1)NCCCn1nc(C)cc1C.I. The molecule has 0 saturated carbocycles. The Balaban J connectivity index is 0.00000312. The highest BCUT2D eigenvalue weighted by molar-refractivity contribution is 14.0. The summed E-state index contributed by atoms with van der Waals surface area (Å²) in [7, 11) is 0. The van der Waals surface area contributed by atoms with Crippen LogP contribution >= 0.6 is 35.3 Å². The minimum Gasteiger partial charge on any atom is -0.357 e. The zero-order chi connectivity index (χ0) is 17.4. The molecule has 0 aliphatic heterocycles. The summed E-state index contributed by atoms with van der Waals surface area (Å²) >= 11 is 1.71. The van der Waals surface area contributed by atoms with Gasteiger partial charge in [-0.1, -0.05) is 6.92 Å². The number of hydrogen-bond acceptors (Lipinski definition) is 4. The Kier molecular flexibility index (Phi) is 10.0. The maximum absolute atomic E-state index is 4.61. The molecular weight excluding hydrogens is 447 g/mol. The standard InChI is InChI=1S/C17H28N6S.HI/c1-5-16-21-15(12-24-16)11-20-17(18-6-2)19-8-7-9-23-14(4)10-13(3)22-23;/h10,12H,5-9,11H2,1-4H3,(H2,18,19,20);1H. The van der Waals surface area contributed by atoms with Crippen molar-refractivity contribution < 1.29 is 0 Å². The Bertz CT molecular complexity index is 664. The first kappa shape index (κ1) is 21.9. The maximum Gasteiger partial charge on any atom is 0.191 e. The molecule has 2 rings (SSSR count). The highest BCUT2D eigenvalue weighted by Gasteiger charge is 2.03. The molecule has 0 unspecified atom stereocenters. The molecule has 2 aromatic rings. The van der Waals surface area contributed by atoms with Gasteiger partial charge in [-0.15, -0.1) is 35.3 Å². The van der Waals surface area contributed by atoms with Crippen LogP contribution in [0.2, 0.25) is 0 Å². The molecule has 0 fully saturated rings. The molecule has 0 atom stereocenters. The smallest absolute Gasteiger partial charge is 0.191 e. The number of guanidine groups is 1. The Morgan fingerprint density at radius 1 is 1.28 bits per heavy atom. The van der Waals surface area contributed by atoms with E-state index in [1.807, 2.05) is 6.92 Å². The first-order valence-corrected chi connectivity index (χ1v) is 9.46. The highest BCUT2D eigenvalue weighted by Crippen LogP contribution is 2.10. The number of nitrogens with one attached hydrogen (secondary N) is 2. The van der Waals surface area contributed by atoms with E-state index in [9.17, 15) is 0 Å². The topological polar surface area (TPSA) is 67.1 Å². The number of rotatable bonds is 8. The Morgan fingerprint density at radius 3 is 2.68 bits per heavy atom. The van der Waals surface area contributed by atoms with Crippen molar-refractivity contribution in [2.45, 2.75) is 53.6 Å². The maximum atomic E-state index is 4.61. The summed E-state index contributed by atoms with van der Waals surface area (Å²) in [5, 5.41) is 14.4. The molecule has 0 radical (unpaired) electrons. The first-order valence-electron chi connectivity index (χ1n) is 8.58. The van der Waals surface area contributed by atoms with Crippen LogP contribution in [0.4, 0.5) is 0 Å². The van der Waals surface area contributed by atoms with Gasteiger partial charge in [0.2, 0.25) is 0 Å². The van der Waals surface area contributed by atoms with Crippen LogP contribution in [0.5, 0.6) is 0 Å². The molecule has 0 spiro atoms. The molecule has 25 heavy (non-hydrogen) atoms. The second-order valence-corrected chi connectivity index (χ2v) is 6.65. The van der Waals surface area contributed by atoms with Gasteiger partial charge in [0.25, 0.3) is 0 Å². The van der Waals surface area contributed by atoms with E-state index in [1.54, 1.807) is 11.3 Å². The second kappa shape index (κ2) is 11.5. The van der Waals surface area contributed by atoms with Gasteiger partial charge in [0.1, 0.15) is 0 Å². The van der Waals surface area contributed by atoms with E-state index < -0.39 is 0 Å². The lowest BCUT2D eigenvalue weighted by Gasteiger charge is -2.11. The Hall–Kier alpha value is -1.16. The number of aliphatic imine (C=N–C) groups is 1. The van der Waals surface area contributed by atoms with Crippen molar-refractivity contribution in [2.75, 3.05) is 13.1 Å². The van der Waals surface area contributed by atoms with E-state index in [-0.39, 0.29) is 24.0 Å². The van der Waals surface area contributed by atoms with Crippen molar-refractivity contribution in [2.24, 2.45) is 4.99 Å². The fourth-order valence-corrected chi connectivity index (χ4v) is 3.16. The lowest BCUT2D eigenvalue weighted by atomic mass is 10.4. The molecule has 8 heteroatoms. The highest BCUT2D eigenvalue weighted by atomic mass is 127. The van der Waals surface area contributed by atoms with E-state index in [1.165, 1.54) is 10.7 Å². The number of hydrogen-bond donors (Lipinski definition) is 2. The molecule has 2 heterocycles. The van der Waals surface area contributed by atoms with E-state index in [0.29, 0.717) is 6.54 Å². The Labute approximate surface area is 171 Å². The van der Waals surface area contributed by atoms with Crippen molar-refractivity contribution in [3.63, 3.8) is 0 Å². The van der Waals surface area contributed by atoms with Gasteiger partial charge in [0, 0.05) is 30.7 Å². The molecule has 2 N–H and O–H groups in total. The van der Waals surface area contributed by atoms with Gasteiger partial charge in [-0.25, -0.2) is 9.98 Å². The summed E-state index contributed by atoms with van der Waals surface area (Å²) in [5.41, 5.74) is 3.32. The lowest BCUT2D eigenvalue weighted by Crippen LogP contribution is -2.38. The molecule has 0 saturated heterocycles. The number of nitrogens with zero attached hydrogens (tertiary/aromatic N) is 4. The molecule has 0 bridgehead atoms. The fraction of sp³-hybridized carbons (Fsp3) is 0.588. The van der Waals surface area contributed by atoms with Crippen LogP contribution < -0.4 is 10.6 Å². The monoisotopic (exact) mass is 476 g/mol. The molecule has 0 aliphatic carbocycles. The van der Waals surface area contributed by atoms with E-state index in [2.05, 4.69) is 62.6 Å². The van der Waals surface area contributed by atoms with Gasteiger partial charge in [0.05, 0.1) is 22.9 Å². The molecule has 0 aromatic carbocycles. The van der Waals surface area contributed by atoms with Crippen molar-refractivity contribution in [3.05, 3.63) is 33.5 Å². The van der Waals surface area contributed by atoms with Crippen molar-refractivity contribution in [3.8, 4) is 0 Å². The second-order valence-electron chi connectivity index (χ2n) is 5.71. The van der Waals surface area contributed by atoms with E-state index in [0.717, 1.165) is 49.8 Å². The summed E-state index contributed by atoms with van der Waals surface area (Å²) in [5.74, 6) is 0.844. The zero-order valence-corrected chi connectivity index (χ0v) is 18.6. The average Bonchev–Trinajstić information content (AvgIpc) is 3.15. The van der Waals surface area contributed by atoms with Gasteiger partial charge < -0.3 is 10.6 Å². The van der Waals surface area contributed by atoms with Crippen LogP contribution in [-0.2, 0) is 19.5 Å². The third-order valence-electron chi connectivity index (χ3n) is 3.59. The predicted molar refractivity (Wildman–Crippen MR) is 116 cm³/mol. The van der Waals surface area contributed by atoms with Gasteiger partial charge in [-0.3, -0.25) is 4.68 Å². The Morgan fingerprint density at radius 2 is 2.08 bits per heavy atom. The fourth-order valence-electron chi connectivity index (χ4n) is 2.42. The van der Waals surface area contributed by atoms with Crippen LogP contribution in [0, 0.1) is 13.8 Å². The predicted octanol–water partition coefficient (Wildman–Crippen LogP) is 3.28. The van der Waals surface area contributed by atoms with Crippen LogP contribution in [-0.4, -0.2) is 33.8 Å². The largest absolute Gasteiger partial charge is 0.357 e. The van der Waals surface area contributed by atoms with Crippen LogP contribution in [0.15, 0.2) is 16.4 Å². The summed E-state index contributed by atoms with van der Waals surface area (Å²) < 4.78 is 2.06. The first-order chi connectivity index (χ1) is 11.6. The van der Waals surface area contributed by atoms with Gasteiger partial charge >= 0.3 is 0 Å². The summed E-state index contributed by atoms with van der Waals surface area (Å²) in [6, 6.07) is 2.11. The van der Waals surface area contributed by atoms with E-state index in [4.69, 9.17) is 0 Å². The van der Waals surface area contributed by atoms with Gasteiger partial charge in [-0.2, -0.15) is 5.10 Å². The van der Waals surface area contributed by atoms with Crippen molar-refractivity contribution in [1.29, 1.82) is 0 Å². The third-order valence-corrected chi connectivity index (χ3v) is 4.63. The van der Waals surface area contributed by atoms with E-state index >= 15 is 0 Å². The molecule has 140 valence electrons. The quantitative estimate of drug-likeness (QED) is 0.266.